The second-order valence-corrected chi connectivity index (χ2v) is 4.66. The maximum Gasteiger partial charge on any atom is 0.573 e. The van der Waals surface area contributed by atoms with Crippen molar-refractivity contribution in [1.82, 2.24) is 0 Å². The number of halogens is 4. The largest absolute Gasteiger partial charge is 0.573 e. The molecule has 0 saturated carbocycles. The molecule has 2 aromatic rings. The van der Waals surface area contributed by atoms with Gasteiger partial charge in [-0.1, -0.05) is 18.2 Å². The summed E-state index contributed by atoms with van der Waals surface area (Å²) in [5.41, 5.74) is 1.71. The first kappa shape index (κ1) is 13.2. The molecule has 0 atom stereocenters. The summed E-state index contributed by atoms with van der Waals surface area (Å²) in [4.78, 5) is 0. The lowest BCUT2D eigenvalue weighted by molar-refractivity contribution is -0.274. The van der Waals surface area contributed by atoms with E-state index in [1.807, 2.05) is 12.1 Å². The molecule has 0 amide bonds. The number of rotatable bonds is 2. The maximum atomic E-state index is 12.0. The Hall–Kier alpha value is -1.24. The summed E-state index contributed by atoms with van der Waals surface area (Å²) in [5, 5.41) is 0. The number of benzene rings is 2. The molecule has 0 aromatic heterocycles. The normalized spacial score (nSPS) is 11.3. The summed E-state index contributed by atoms with van der Waals surface area (Å²) in [6, 6.07) is 14.3. The summed E-state index contributed by atoms with van der Waals surface area (Å²) >= 11 is 2.14. The predicted molar refractivity (Wildman–Crippen MR) is 70.1 cm³/mol. The highest BCUT2D eigenvalue weighted by Gasteiger charge is 2.30. The standard InChI is InChI=1S/C13H7F3IO/c14-13(15,16)18-12-7-3-10(4-8-12)9-1-5-11(17)6-2-9/h1-5,7-8H. The lowest BCUT2D eigenvalue weighted by Gasteiger charge is -2.09. The Labute approximate surface area is 116 Å². The average Bonchev–Trinajstić information content (AvgIpc) is 2.29. The van der Waals surface area contributed by atoms with Crippen molar-refractivity contribution >= 4 is 22.6 Å². The molecule has 5 heteroatoms. The molecule has 0 bridgehead atoms. The van der Waals surface area contributed by atoms with Crippen LogP contribution < -0.4 is 4.74 Å². The Bertz CT molecular complexity index is 517. The molecule has 0 unspecified atom stereocenters. The van der Waals surface area contributed by atoms with Crippen LogP contribution in [0.5, 0.6) is 5.75 Å². The lowest BCUT2D eigenvalue weighted by Crippen LogP contribution is -2.16. The first-order valence-corrected chi connectivity index (χ1v) is 6.05. The van der Waals surface area contributed by atoms with Crippen molar-refractivity contribution < 1.29 is 17.9 Å². The van der Waals surface area contributed by atoms with E-state index in [1.54, 1.807) is 18.2 Å². The third-order valence-corrected chi connectivity index (χ3v) is 2.87. The molecule has 18 heavy (non-hydrogen) atoms. The summed E-state index contributed by atoms with van der Waals surface area (Å²) in [6.07, 6.45) is -4.65. The van der Waals surface area contributed by atoms with Gasteiger partial charge in [0.15, 0.2) is 0 Å². The van der Waals surface area contributed by atoms with E-state index in [2.05, 4.69) is 33.4 Å². The van der Waals surface area contributed by atoms with Crippen LogP contribution in [-0.2, 0) is 0 Å². The van der Waals surface area contributed by atoms with E-state index in [9.17, 15) is 13.2 Å². The van der Waals surface area contributed by atoms with E-state index in [-0.39, 0.29) is 5.75 Å². The molecule has 0 saturated heterocycles. The number of alkyl halides is 3. The molecule has 2 rings (SSSR count). The van der Waals surface area contributed by atoms with Gasteiger partial charge in [-0.3, -0.25) is 0 Å². The van der Waals surface area contributed by atoms with Crippen molar-refractivity contribution in [1.29, 1.82) is 0 Å². The van der Waals surface area contributed by atoms with Crippen molar-refractivity contribution in [3.8, 4) is 16.9 Å². The Morgan fingerprint density at radius 1 is 0.944 bits per heavy atom. The zero-order valence-corrected chi connectivity index (χ0v) is 11.1. The topological polar surface area (TPSA) is 9.23 Å². The molecular weight excluding hydrogens is 356 g/mol. The monoisotopic (exact) mass is 363 g/mol. The zero-order chi connectivity index (χ0) is 13.2. The van der Waals surface area contributed by atoms with Crippen LogP contribution in [0.15, 0.2) is 42.5 Å². The van der Waals surface area contributed by atoms with E-state index in [1.165, 1.54) is 12.1 Å². The fourth-order valence-electron chi connectivity index (χ4n) is 1.43. The van der Waals surface area contributed by atoms with Gasteiger partial charge in [-0.2, -0.15) is 0 Å². The summed E-state index contributed by atoms with van der Waals surface area (Å²) in [5.74, 6) is -0.222. The highest BCUT2D eigenvalue weighted by Crippen LogP contribution is 2.26. The van der Waals surface area contributed by atoms with Crippen LogP contribution in [0.4, 0.5) is 13.2 Å². The highest BCUT2D eigenvalue weighted by molar-refractivity contribution is 14.1. The molecule has 0 fully saturated rings. The molecule has 0 heterocycles. The first-order valence-electron chi connectivity index (χ1n) is 4.97. The molecule has 0 N–H and O–H groups in total. The van der Waals surface area contributed by atoms with Gasteiger partial charge in [-0.25, -0.2) is 0 Å². The second-order valence-electron chi connectivity index (χ2n) is 3.50. The molecule has 0 aliphatic rings. The summed E-state index contributed by atoms with van der Waals surface area (Å²) in [7, 11) is 0. The van der Waals surface area contributed by atoms with Crippen LogP contribution >= 0.6 is 22.6 Å². The third-order valence-electron chi connectivity index (χ3n) is 2.20. The summed E-state index contributed by atoms with van der Waals surface area (Å²) in [6.45, 7) is 0. The molecule has 0 aliphatic carbocycles. The molecule has 2 aromatic carbocycles. The fraction of sp³-hybridized carbons (Fsp3) is 0.0769. The molecule has 0 aliphatic heterocycles. The van der Waals surface area contributed by atoms with Crippen molar-refractivity contribution in [3.63, 3.8) is 0 Å². The van der Waals surface area contributed by atoms with E-state index in [0.29, 0.717) is 0 Å². The number of hydrogen-bond donors (Lipinski definition) is 0. The predicted octanol–water partition coefficient (Wildman–Crippen LogP) is 4.66. The van der Waals surface area contributed by atoms with E-state index in [4.69, 9.17) is 0 Å². The number of hydrogen-bond acceptors (Lipinski definition) is 1. The Balaban J connectivity index is 2.20. The van der Waals surface area contributed by atoms with E-state index in [0.717, 1.165) is 14.7 Å². The van der Waals surface area contributed by atoms with Gasteiger partial charge >= 0.3 is 6.36 Å². The minimum absolute atomic E-state index is 0.222. The molecular formula is C13H7F3IO. The quantitative estimate of drug-likeness (QED) is 0.706. The molecule has 93 valence electrons. The Morgan fingerprint density at radius 3 is 2.06 bits per heavy atom. The minimum Gasteiger partial charge on any atom is -0.406 e. The maximum absolute atomic E-state index is 12.0. The van der Waals surface area contributed by atoms with Crippen LogP contribution in [0.3, 0.4) is 0 Å². The van der Waals surface area contributed by atoms with Gasteiger partial charge in [-0.15, -0.1) is 13.2 Å². The molecule has 1 nitrogen and oxygen atoms in total. The highest BCUT2D eigenvalue weighted by atomic mass is 127. The number of ether oxygens (including phenoxy) is 1. The summed E-state index contributed by atoms with van der Waals surface area (Å²) < 4.78 is 40.7. The first-order chi connectivity index (χ1) is 8.44. The second kappa shape index (κ2) is 5.17. The van der Waals surface area contributed by atoms with Crippen molar-refractivity contribution in [2.75, 3.05) is 0 Å². The van der Waals surface area contributed by atoms with Crippen LogP contribution in [0.2, 0.25) is 0 Å². The van der Waals surface area contributed by atoms with Gasteiger partial charge in [0.05, 0.1) is 0 Å². The van der Waals surface area contributed by atoms with Gasteiger partial charge in [0.25, 0.3) is 0 Å². The third kappa shape index (κ3) is 3.63. The van der Waals surface area contributed by atoms with Crippen LogP contribution in [0.1, 0.15) is 0 Å². The molecule has 1 radical (unpaired) electrons. The van der Waals surface area contributed by atoms with E-state index >= 15 is 0 Å². The van der Waals surface area contributed by atoms with E-state index < -0.39 is 6.36 Å². The van der Waals surface area contributed by atoms with Crippen molar-refractivity contribution in [2.45, 2.75) is 6.36 Å². The zero-order valence-electron chi connectivity index (χ0n) is 8.96. The SMILES string of the molecule is FC(F)(F)Oc1ccc(-c2c[c]c(I)cc2)cc1. The lowest BCUT2D eigenvalue weighted by atomic mass is 10.1. The smallest absolute Gasteiger partial charge is 0.406 e. The van der Waals surface area contributed by atoms with Gasteiger partial charge < -0.3 is 4.74 Å². The van der Waals surface area contributed by atoms with Gasteiger partial charge in [0.1, 0.15) is 5.75 Å². The fourth-order valence-corrected chi connectivity index (χ4v) is 1.77. The Kier molecular flexibility index (Phi) is 3.79. The molecule has 0 spiro atoms. The minimum atomic E-state index is -4.65. The van der Waals surface area contributed by atoms with Crippen LogP contribution in [-0.4, -0.2) is 6.36 Å². The van der Waals surface area contributed by atoms with Gasteiger partial charge in [-0.05, 0) is 64.0 Å². The van der Waals surface area contributed by atoms with Crippen LogP contribution in [0.25, 0.3) is 11.1 Å². The average molecular weight is 363 g/mol. The van der Waals surface area contributed by atoms with Crippen LogP contribution in [0, 0.1) is 9.64 Å². The van der Waals surface area contributed by atoms with Crippen molar-refractivity contribution in [3.05, 3.63) is 52.1 Å². The van der Waals surface area contributed by atoms with Gasteiger partial charge in [0.2, 0.25) is 0 Å². The Morgan fingerprint density at radius 2 is 1.56 bits per heavy atom. The van der Waals surface area contributed by atoms with Gasteiger partial charge in [0, 0.05) is 3.57 Å². The van der Waals surface area contributed by atoms with Crippen molar-refractivity contribution in [2.24, 2.45) is 0 Å².